The van der Waals surface area contributed by atoms with Gasteiger partial charge in [-0.3, -0.25) is 0 Å². The van der Waals surface area contributed by atoms with Gasteiger partial charge in [-0.1, -0.05) is 18.2 Å². The first-order chi connectivity index (χ1) is 5.88. The van der Waals surface area contributed by atoms with Crippen molar-refractivity contribution in [3.63, 3.8) is 0 Å². The van der Waals surface area contributed by atoms with E-state index in [1.54, 1.807) is 0 Å². The molecule has 3 heteroatoms. The number of hydrogen-bond acceptors (Lipinski definition) is 3. The summed E-state index contributed by atoms with van der Waals surface area (Å²) in [5.74, 6) is 1.17. The highest BCUT2D eigenvalue weighted by Crippen LogP contribution is 2.24. The van der Waals surface area contributed by atoms with Crippen molar-refractivity contribution in [3.05, 3.63) is 23.8 Å². The fourth-order valence-corrected chi connectivity index (χ4v) is 2.55. The van der Waals surface area contributed by atoms with Gasteiger partial charge in [0.25, 0.3) is 0 Å². The quantitative estimate of drug-likeness (QED) is 0.642. The van der Waals surface area contributed by atoms with Gasteiger partial charge in [-0.05, 0) is 0 Å². The van der Waals surface area contributed by atoms with Crippen molar-refractivity contribution in [1.29, 1.82) is 5.41 Å². The van der Waals surface area contributed by atoms with Crippen LogP contribution in [0.15, 0.2) is 23.8 Å². The molecule has 2 aliphatic rings. The fraction of sp³-hybridized carbons (Fsp3) is 0.444. The molecule has 1 aliphatic heterocycles. The maximum absolute atomic E-state index is 7.74. The third kappa shape index (κ3) is 1.47. The molecule has 1 unspecified atom stereocenters. The van der Waals surface area contributed by atoms with E-state index in [1.165, 1.54) is 11.3 Å². The molecule has 0 aromatic rings. The van der Waals surface area contributed by atoms with E-state index in [0.717, 1.165) is 18.7 Å². The molecule has 1 atom stereocenters. The zero-order valence-electron chi connectivity index (χ0n) is 6.84. The molecule has 0 aromatic heterocycles. The molecule has 0 bridgehead atoms. The highest BCUT2D eigenvalue weighted by molar-refractivity contribution is 8.00. The Kier molecular flexibility index (Phi) is 2.33. The Morgan fingerprint density at radius 3 is 3.17 bits per heavy atom. The number of nitrogens with one attached hydrogen (secondary N) is 2. The standard InChI is InChI=1S/C9H12N2S/c10-8-4-2-1-3-7(8)9-11-5-6-12-9/h1-3,9-11H,4-6H2. The van der Waals surface area contributed by atoms with Crippen LogP contribution in [0.4, 0.5) is 0 Å². The van der Waals surface area contributed by atoms with Gasteiger partial charge in [0.15, 0.2) is 0 Å². The lowest BCUT2D eigenvalue weighted by Gasteiger charge is -2.16. The van der Waals surface area contributed by atoms with E-state index >= 15 is 0 Å². The van der Waals surface area contributed by atoms with Crippen molar-refractivity contribution in [2.24, 2.45) is 0 Å². The van der Waals surface area contributed by atoms with Gasteiger partial charge >= 0.3 is 0 Å². The Balaban J connectivity index is 2.14. The zero-order chi connectivity index (χ0) is 8.39. The molecule has 1 heterocycles. The second-order valence-corrected chi connectivity index (χ2v) is 4.15. The summed E-state index contributed by atoms with van der Waals surface area (Å²) >= 11 is 1.90. The normalized spacial score (nSPS) is 29.2. The summed E-state index contributed by atoms with van der Waals surface area (Å²) < 4.78 is 0. The first-order valence-electron chi connectivity index (χ1n) is 4.17. The van der Waals surface area contributed by atoms with Crippen molar-refractivity contribution < 1.29 is 0 Å². The monoisotopic (exact) mass is 180 g/mol. The Labute approximate surface area is 76.6 Å². The molecule has 0 aromatic carbocycles. The van der Waals surface area contributed by atoms with Gasteiger partial charge in [-0.15, -0.1) is 11.8 Å². The van der Waals surface area contributed by atoms with Crippen LogP contribution in [0.1, 0.15) is 6.42 Å². The smallest absolute Gasteiger partial charge is 0.0807 e. The SMILES string of the molecule is N=C1CC=CC=C1C1NCCS1. The Bertz CT molecular complexity index is 249. The van der Waals surface area contributed by atoms with Crippen LogP contribution >= 0.6 is 11.8 Å². The van der Waals surface area contributed by atoms with E-state index in [0.29, 0.717) is 5.37 Å². The highest BCUT2D eigenvalue weighted by atomic mass is 32.2. The highest BCUT2D eigenvalue weighted by Gasteiger charge is 2.21. The summed E-state index contributed by atoms with van der Waals surface area (Å²) in [5.41, 5.74) is 1.93. The average Bonchev–Trinajstić information content (AvgIpc) is 2.57. The van der Waals surface area contributed by atoms with Gasteiger partial charge in [-0.25, -0.2) is 0 Å². The lowest BCUT2D eigenvalue weighted by atomic mass is 10.0. The van der Waals surface area contributed by atoms with Crippen molar-refractivity contribution >= 4 is 17.5 Å². The van der Waals surface area contributed by atoms with E-state index in [4.69, 9.17) is 5.41 Å². The Morgan fingerprint density at radius 1 is 1.58 bits per heavy atom. The summed E-state index contributed by atoms with van der Waals surface area (Å²) in [5, 5.41) is 11.5. The van der Waals surface area contributed by atoms with Crippen molar-refractivity contribution in [2.75, 3.05) is 12.3 Å². The van der Waals surface area contributed by atoms with Crippen LogP contribution in [-0.4, -0.2) is 23.4 Å². The number of rotatable bonds is 1. The lowest BCUT2D eigenvalue weighted by molar-refractivity contribution is 0.790. The molecule has 1 aliphatic carbocycles. The van der Waals surface area contributed by atoms with Crippen LogP contribution in [-0.2, 0) is 0 Å². The predicted molar refractivity (Wildman–Crippen MR) is 53.8 cm³/mol. The molecule has 0 radical (unpaired) electrons. The summed E-state index contributed by atoms with van der Waals surface area (Å²) in [7, 11) is 0. The molecule has 0 amide bonds. The van der Waals surface area contributed by atoms with Crippen LogP contribution in [0.25, 0.3) is 0 Å². The summed E-state index contributed by atoms with van der Waals surface area (Å²) in [6, 6.07) is 0. The number of thioether (sulfide) groups is 1. The largest absolute Gasteiger partial charge is 0.305 e. The topological polar surface area (TPSA) is 35.9 Å². The van der Waals surface area contributed by atoms with E-state index in [9.17, 15) is 0 Å². The zero-order valence-corrected chi connectivity index (χ0v) is 7.66. The third-order valence-electron chi connectivity index (χ3n) is 2.08. The number of allylic oxidation sites excluding steroid dienone is 3. The summed E-state index contributed by atoms with van der Waals surface area (Å²) in [4.78, 5) is 0. The molecule has 2 nitrogen and oxygen atoms in total. The van der Waals surface area contributed by atoms with Crippen LogP contribution in [0.3, 0.4) is 0 Å². The maximum atomic E-state index is 7.74. The summed E-state index contributed by atoms with van der Waals surface area (Å²) in [6.07, 6.45) is 6.94. The van der Waals surface area contributed by atoms with Gasteiger partial charge in [-0.2, -0.15) is 0 Å². The molecule has 12 heavy (non-hydrogen) atoms. The van der Waals surface area contributed by atoms with E-state index in [2.05, 4.69) is 11.4 Å². The first-order valence-corrected chi connectivity index (χ1v) is 5.22. The van der Waals surface area contributed by atoms with Gasteiger partial charge in [0, 0.05) is 30.0 Å². The second kappa shape index (κ2) is 3.46. The van der Waals surface area contributed by atoms with Crippen LogP contribution in [0.2, 0.25) is 0 Å². The van der Waals surface area contributed by atoms with Crippen molar-refractivity contribution in [3.8, 4) is 0 Å². The van der Waals surface area contributed by atoms with E-state index in [1.807, 2.05) is 23.9 Å². The molecule has 0 spiro atoms. The Hall–Kier alpha value is -0.540. The van der Waals surface area contributed by atoms with E-state index in [-0.39, 0.29) is 0 Å². The molecule has 1 saturated heterocycles. The Morgan fingerprint density at radius 2 is 2.50 bits per heavy atom. The average molecular weight is 180 g/mol. The third-order valence-corrected chi connectivity index (χ3v) is 3.27. The van der Waals surface area contributed by atoms with Gasteiger partial charge in [0.1, 0.15) is 0 Å². The van der Waals surface area contributed by atoms with Crippen LogP contribution in [0.5, 0.6) is 0 Å². The molecule has 2 rings (SSSR count). The second-order valence-electron chi connectivity index (χ2n) is 2.94. The molecule has 64 valence electrons. The molecular formula is C9H12N2S. The van der Waals surface area contributed by atoms with Crippen molar-refractivity contribution in [1.82, 2.24) is 5.32 Å². The maximum Gasteiger partial charge on any atom is 0.0807 e. The fourth-order valence-electron chi connectivity index (χ4n) is 1.45. The van der Waals surface area contributed by atoms with Gasteiger partial charge in [0.05, 0.1) is 5.37 Å². The molecular weight excluding hydrogens is 168 g/mol. The minimum Gasteiger partial charge on any atom is -0.305 e. The minimum absolute atomic E-state index is 0.377. The molecule has 0 saturated carbocycles. The first kappa shape index (κ1) is 8.08. The van der Waals surface area contributed by atoms with Crippen molar-refractivity contribution in [2.45, 2.75) is 11.8 Å². The molecule has 2 N–H and O–H groups in total. The number of hydrogen-bond donors (Lipinski definition) is 2. The lowest BCUT2D eigenvalue weighted by Crippen LogP contribution is -2.26. The molecule has 1 fully saturated rings. The van der Waals surface area contributed by atoms with Gasteiger partial charge in [0.2, 0.25) is 0 Å². The van der Waals surface area contributed by atoms with E-state index < -0.39 is 0 Å². The van der Waals surface area contributed by atoms with Crippen LogP contribution < -0.4 is 5.32 Å². The predicted octanol–water partition coefficient (Wildman–Crippen LogP) is 1.55. The minimum atomic E-state index is 0.377. The summed E-state index contributed by atoms with van der Waals surface area (Å²) in [6.45, 7) is 1.07. The van der Waals surface area contributed by atoms with Crippen LogP contribution in [0, 0.1) is 5.41 Å². The van der Waals surface area contributed by atoms with Gasteiger partial charge < -0.3 is 10.7 Å².